The third-order valence-corrected chi connectivity index (χ3v) is 5.29. The van der Waals surface area contributed by atoms with Gasteiger partial charge in [0.2, 0.25) is 5.91 Å². The Morgan fingerprint density at radius 2 is 2.04 bits per heavy atom. The normalized spacial score (nSPS) is 11.8. The Morgan fingerprint density at radius 3 is 2.75 bits per heavy atom. The molecule has 0 N–H and O–H groups in total. The first-order valence-electron chi connectivity index (χ1n) is 9.05. The van der Waals surface area contributed by atoms with Gasteiger partial charge in [-0.1, -0.05) is 41.7 Å². The number of thiazole rings is 1. The summed E-state index contributed by atoms with van der Waals surface area (Å²) in [7, 11) is 0. The summed E-state index contributed by atoms with van der Waals surface area (Å²) in [6.07, 6.45) is 0.933. The lowest BCUT2D eigenvalue weighted by Gasteiger charge is -2.05. The lowest BCUT2D eigenvalue weighted by molar-refractivity contribution is -0.384. The average molecular weight is 399 g/mol. The standard InChI is InChI=1S/C20H21N3O4S/c1-2-27-13-12-22-17-14-16(23(25)26)9-10-18(17)28-20(22)21-19(24)11-8-15-6-4-3-5-7-15/h3-7,9-10,14H,2,8,11-13H2,1H3. The van der Waals surface area contributed by atoms with Gasteiger partial charge in [-0.05, 0) is 25.0 Å². The van der Waals surface area contributed by atoms with Crippen LogP contribution in [0.5, 0.6) is 0 Å². The highest BCUT2D eigenvalue weighted by Crippen LogP contribution is 2.23. The van der Waals surface area contributed by atoms with E-state index in [9.17, 15) is 14.9 Å². The van der Waals surface area contributed by atoms with E-state index in [4.69, 9.17) is 4.74 Å². The minimum Gasteiger partial charge on any atom is -0.380 e. The molecule has 0 bridgehead atoms. The van der Waals surface area contributed by atoms with E-state index in [2.05, 4.69) is 4.99 Å². The van der Waals surface area contributed by atoms with Gasteiger partial charge in [-0.15, -0.1) is 0 Å². The molecule has 0 saturated heterocycles. The average Bonchev–Trinajstić information content (AvgIpc) is 3.03. The van der Waals surface area contributed by atoms with Crippen molar-refractivity contribution in [2.45, 2.75) is 26.3 Å². The largest absolute Gasteiger partial charge is 0.380 e. The summed E-state index contributed by atoms with van der Waals surface area (Å²) in [4.78, 5) is 27.9. The molecule has 1 aromatic heterocycles. The molecule has 1 amide bonds. The highest BCUT2D eigenvalue weighted by molar-refractivity contribution is 7.16. The van der Waals surface area contributed by atoms with E-state index in [1.165, 1.54) is 23.5 Å². The van der Waals surface area contributed by atoms with Gasteiger partial charge >= 0.3 is 0 Å². The Labute approximate surface area is 166 Å². The maximum Gasteiger partial charge on any atom is 0.271 e. The van der Waals surface area contributed by atoms with Crippen LogP contribution in [0.4, 0.5) is 5.69 Å². The van der Waals surface area contributed by atoms with E-state index in [0.29, 0.717) is 42.9 Å². The molecule has 0 radical (unpaired) electrons. The predicted molar refractivity (Wildman–Crippen MR) is 108 cm³/mol. The molecule has 8 heteroatoms. The lowest BCUT2D eigenvalue weighted by atomic mass is 10.1. The van der Waals surface area contributed by atoms with Crippen LogP contribution in [0.15, 0.2) is 53.5 Å². The minimum atomic E-state index is -0.425. The van der Waals surface area contributed by atoms with Crippen molar-refractivity contribution in [2.75, 3.05) is 13.2 Å². The number of carbonyl (C=O) groups is 1. The molecule has 0 aliphatic heterocycles. The van der Waals surface area contributed by atoms with Crippen LogP contribution in [0.3, 0.4) is 0 Å². The van der Waals surface area contributed by atoms with Crippen LogP contribution in [0.25, 0.3) is 10.2 Å². The quantitative estimate of drug-likeness (QED) is 0.328. The summed E-state index contributed by atoms with van der Waals surface area (Å²) in [5.41, 5.74) is 1.79. The van der Waals surface area contributed by atoms with Gasteiger partial charge in [0.25, 0.3) is 5.69 Å². The molecule has 0 saturated carbocycles. The number of nitro benzene ring substituents is 1. The first-order chi connectivity index (χ1) is 13.6. The highest BCUT2D eigenvalue weighted by atomic mass is 32.1. The fraction of sp³-hybridized carbons (Fsp3) is 0.300. The molecule has 0 fully saturated rings. The zero-order valence-corrected chi connectivity index (χ0v) is 16.4. The topological polar surface area (TPSA) is 86.7 Å². The number of aromatic nitrogens is 1. The van der Waals surface area contributed by atoms with Crippen molar-refractivity contribution in [3.05, 3.63) is 69.0 Å². The van der Waals surface area contributed by atoms with Crippen LogP contribution in [0.2, 0.25) is 0 Å². The number of benzene rings is 2. The molecule has 0 spiro atoms. The fourth-order valence-corrected chi connectivity index (χ4v) is 3.88. The second-order valence-corrected chi connectivity index (χ2v) is 7.14. The fourth-order valence-electron chi connectivity index (χ4n) is 2.83. The minimum absolute atomic E-state index is 0.0115. The molecular formula is C20H21N3O4S. The summed E-state index contributed by atoms with van der Waals surface area (Å²) in [5.74, 6) is -0.213. The van der Waals surface area contributed by atoms with Crippen LogP contribution in [-0.4, -0.2) is 28.6 Å². The molecule has 1 heterocycles. The molecule has 0 unspecified atom stereocenters. The summed E-state index contributed by atoms with van der Waals surface area (Å²) < 4.78 is 8.09. The number of nitro groups is 1. The molecule has 0 atom stereocenters. The van der Waals surface area contributed by atoms with Crippen molar-refractivity contribution in [1.82, 2.24) is 4.57 Å². The maximum absolute atomic E-state index is 12.4. The van der Waals surface area contributed by atoms with Crippen molar-refractivity contribution in [1.29, 1.82) is 0 Å². The van der Waals surface area contributed by atoms with E-state index in [1.807, 2.05) is 41.8 Å². The molecule has 0 aliphatic carbocycles. The van der Waals surface area contributed by atoms with Gasteiger partial charge in [0.05, 0.1) is 21.7 Å². The van der Waals surface area contributed by atoms with E-state index in [-0.39, 0.29) is 11.6 Å². The number of non-ortho nitro benzene ring substituents is 1. The monoisotopic (exact) mass is 399 g/mol. The molecule has 3 aromatic rings. The van der Waals surface area contributed by atoms with E-state index < -0.39 is 4.92 Å². The number of fused-ring (bicyclic) bond motifs is 1. The number of ether oxygens (including phenoxy) is 1. The van der Waals surface area contributed by atoms with Gasteiger partial charge in [0.1, 0.15) is 0 Å². The number of hydrogen-bond acceptors (Lipinski definition) is 5. The molecule has 2 aromatic carbocycles. The number of rotatable bonds is 8. The summed E-state index contributed by atoms with van der Waals surface area (Å²) >= 11 is 1.35. The van der Waals surface area contributed by atoms with Crippen molar-refractivity contribution in [2.24, 2.45) is 4.99 Å². The van der Waals surface area contributed by atoms with Crippen LogP contribution in [0.1, 0.15) is 18.9 Å². The van der Waals surface area contributed by atoms with E-state index in [1.54, 1.807) is 6.07 Å². The molecule has 0 aliphatic rings. The van der Waals surface area contributed by atoms with Gasteiger partial charge in [0.15, 0.2) is 4.80 Å². The number of amides is 1. The second kappa shape index (κ2) is 9.38. The van der Waals surface area contributed by atoms with Gasteiger partial charge in [-0.3, -0.25) is 14.9 Å². The Hall–Kier alpha value is -2.84. The number of nitrogens with zero attached hydrogens (tertiary/aromatic N) is 3. The second-order valence-electron chi connectivity index (χ2n) is 6.13. The third-order valence-electron chi connectivity index (χ3n) is 4.23. The molecule has 7 nitrogen and oxygen atoms in total. The summed E-state index contributed by atoms with van der Waals surface area (Å²) in [5, 5.41) is 11.1. The van der Waals surface area contributed by atoms with E-state index in [0.717, 1.165) is 10.3 Å². The predicted octanol–water partition coefficient (Wildman–Crippen LogP) is 3.71. The summed E-state index contributed by atoms with van der Waals surface area (Å²) in [6.45, 7) is 3.39. The first-order valence-corrected chi connectivity index (χ1v) is 9.87. The lowest BCUT2D eigenvalue weighted by Crippen LogP contribution is -2.19. The Kier molecular flexibility index (Phi) is 6.67. The first kappa shape index (κ1) is 19.9. The van der Waals surface area contributed by atoms with Gasteiger partial charge in [0, 0.05) is 31.7 Å². The van der Waals surface area contributed by atoms with Crippen LogP contribution >= 0.6 is 11.3 Å². The van der Waals surface area contributed by atoms with Gasteiger partial charge in [-0.2, -0.15) is 4.99 Å². The third kappa shape index (κ3) is 4.90. The van der Waals surface area contributed by atoms with Crippen LogP contribution in [-0.2, 0) is 22.5 Å². The Balaban J connectivity index is 1.91. The number of carbonyl (C=O) groups excluding carboxylic acids is 1. The SMILES string of the molecule is CCOCCn1c(=NC(=O)CCc2ccccc2)sc2ccc([N+](=O)[O-])cc21. The van der Waals surface area contributed by atoms with Crippen LogP contribution < -0.4 is 4.80 Å². The van der Waals surface area contributed by atoms with Crippen molar-refractivity contribution in [3.63, 3.8) is 0 Å². The highest BCUT2D eigenvalue weighted by Gasteiger charge is 2.13. The molecule has 3 rings (SSSR count). The molecular weight excluding hydrogens is 378 g/mol. The molecule has 146 valence electrons. The summed E-state index contributed by atoms with van der Waals surface area (Å²) in [6, 6.07) is 14.5. The van der Waals surface area contributed by atoms with Crippen molar-refractivity contribution < 1.29 is 14.5 Å². The Morgan fingerprint density at radius 1 is 1.25 bits per heavy atom. The van der Waals surface area contributed by atoms with Crippen LogP contribution in [0, 0.1) is 10.1 Å². The smallest absolute Gasteiger partial charge is 0.271 e. The maximum atomic E-state index is 12.4. The van der Waals surface area contributed by atoms with E-state index >= 15 is 0 Å². The van der Waals surface area contributed by atoms with Gasteiger partial charge < -0.3 is 9.30 Å². The number of aryl methyl sites for hydroxylation is 1. The zero-order chi connectivity index (χ0) is 19.9. The zero-order valence-electron chi connectivity index (χ0n) is 15.5. The van der Waals surface area contributed by atoms with Gasteiger partial charge in [-0.25, -0.2) is 0 Å². The molecule has 28 heavy (non-hydrogen) atoms. The Bertz CT molecular complexity index is 1040. The van der Waals surface area contributed by atoms with Crippen molar-refractivity contribution in [3.8, 4) is 0 Å². The number of hydrogen-bond donors (Lipinski definition) is 0. The van der Waals surface area contributed by atoms with Crippen molar-refractivity contribution >= 4 is 33.1 Å².